The first kappa shape index (κ1) is 22.1. The van der Waals surface area contributed by atoms with Gasteiger partial charge in [-0.05, 0) is 36.6 Å². The van der Waals surface area contributed by atoms with Crippen LogP contribution >= 0.6 is 27.5 Å². The standard InChI is InChI=1S/C22H30BrClN4O2/c23-20-5-4-18(24)14-17(20)15-21(29)27-8-6-25(7-9-27)16-22(30)28-12-10-26(11-13-28)19-2-1-3-19/h4-5,14,19H,1-3,6-13,15-16H2. The Balaban J connectivity index is 1.19. The molecule has 1 aromatic carbocycles. The first-order chi connectivity index (χ1) is 14.5. The lowest BCUT2D eigenvalue weighted by molar-refractivity contribution is -0.136. The molecule has 2 amide bonds. The number of benzene rings is 1. The highest BCUT2D eigenvalue weighted by Crippen LogP contribution is 2.25. The molecule has 2 aliphatic heterocycles. The van der Waals surface area contributed by atoms with Crippen molar-refractivity contribution >= 4 is 39.3 Å². The Morgan fingerprint density at radius 1 is 0.933 bits per heavy atom. The zero-order chi connectivity index (χ0) is 21.1. The third-order valence-electron chi connectivity index (χ3n) is 6.69. The summed E-state index contributed by atoms with van der Waals surface area (Å²) in [5, 5.41) is 0.637. The van der Waals surface area contributed by atoms with E-state index in [2.05, 4.69) is 25.7 Å². The summed E-state index contributed by atoms with van der Waals surface area (Å²) in [6.07, 6.45) is 4.34. The summed E-state index contributed by atoms with van der Waals surface area (Å²) in [7, 11) is 0. The number of carbonyl (C=O) groups is 2. The lowest BCUT2D eigenvalue weighted by Gasteiger charge is -2.43. The molecular formula is C22H30BrClN4O2. The van der Waals surface area contributed by atoms with Gasteiger partial charge in [-0.15, -0.1) is 0 Å². The van der Waals surface area contributed by atoms with E-state index in [0.717, 1.165) is 55.3 Å². The van der Waals surface area contributed by atoms with E-state index in [1.807, 2.05) is 28.0 Å². The quantitative estimate of drug-likeness (QED) is 0.627. The monoisotopic (exact) mass is 496 g/mol. The van der Waals surface area contributed by atoms with Gasteiger partial charge in [-0.25, -0.2) is 0 Å². The van der Waals surface area contributed by atoms with Crippen molar-refractivity contribution in [1.29, 1.82) is 0 Å². The summed E-state index contributed by atoms with van der Waals surface area (Å²) in [6, 6.07) is 6.28. The molecule has 0 radical (unpaired) electrons. The molecule has 2 saturated heterocycles. The normalized spacial score (nSPS) is 21.5. The number of carbonyl (C=O) groups excluding carboxylic acids is 2. The predicted molar refractivity (Wildman–Crippen MR) is 122 cm³/mol. The number of hydrogen-bond acceptors (Lipinski definition) is 4. The Kier molecular flexibility index (Phi) is 7.34. The summed E-state index contributed by atoms with van der Waals surface area (Å²) < 4.78 is 0.905. The molecule has 1 aromatic rings. The molecule has 8 heteroatoms. The largest absolute Gasteiger partial charge is 0.340 e. The van der Waals surface area contributed by atoms with Crippen LogP contribution in [-0.4, -0.2) is 96.4 Å². The fraction of sp³-hybridized carbons (Fsp3) is 0.636. The van der Waals surface area contributed by atoms with Gasteiger partial charge in [-0.3, -0.25) is 19.4 Å². The van der Waals surface area contributed by atoms with E-state index in [1.165, 1.54) is 19.3 Å². The van der Waals surface area contributed by atoms with Gasteiger partial charge >= 0.3 is 0 Å². The van der Waals surface area contributed by atoms with E-state index in [4.69, 9.17) is 11.6 Å². The molecule has 2 heterocycles. The topological polar surface area (TPSA) is 47.1 Å². The maximum atomic E-state index is 12.7. The Labute approximate surface area is 192 Å². The Hall–Kier alpha value is -1.15. The molecule has 3 fully saturated rings. The number of piperazine rings is 2. The van der Waals surface area contributed by atoms with Crippen LogP contribution in [0.4, 0.5) is 0 Å². The zero-order valence-corrected chi connectivity index (χ0v) is 19.7. The van der Waals surface area contributed by atoms with Crippen LogP contribution in [0.3, 0.4) is 0 Å². The average molecular weight is 498 g/mol. The van der Waals surface area contributed by atoms with E-state index in [0.29, 0.717) is 31.1 Å². The van der Waals surface area contributed by atoms with Gasteiger partial charge in [-0.1, -0.05) is 34.0 Å². The molecule has 1 saturated carbocycles. The van der Waals surface area contributed by atoms with E-state index in [9.17, 15) is 9.59 Å². The van der Waals surface area contributed by atoms with E-state index < -0.39 is 0 Å². The smallest absolute Gasteiger partial charge is 0.236 e. The summed E-state index contributed by atoms with van der Waals surface area (Å²) in [6.45, 7) is 7.01. The highest BCUT2D eigenvalue weighted by molar-refractivity contribution is 9.10. The van der Waals surface area contributed by atoms with Crippen LogP contribution in [0, 0.1) is 0 Å². The SMILES string of the molecule is O=C(Cc1cc(Cl)ccc1Br)N1CCN(CC(=O)N2CCN(C3CCC3)CC2)CC1. The molecule has 3 aliphatic rings. The number of halogens is 2. The molecule has 0 unspecified atom stereocenters. The third kappa shape index (κ3) is 5.36. The molecule has 30 heavy (non-hydrogen) atoms. The second-order valence-electron chi connectivity index (χ2n) is 8.57. The van der Waals surface area contributed by atoms with E-state index in [-0.39, 0.29) is 11.8 Å². The Morgan fingerprint density at radius 2 is 1.57 bits per heavy atom. The highest BCUT2D eigenvalue weighted by Gasteiger charge is 2.30. The van der Waals surface area contributed by atoms with Gasteiger partial charge in [0.25, 0.3) is 0 Å². The van der Waals surface area contributed by atoms with E-state index >= 15 is 0 Å². The first-order valence-electron chi connectivity index (χ1n) is 11.0. The van der Waals surface area contributed by atoms with Crippen molar-refractivity contribution in [2.75, 3.05) is 58.9 Å². The lowest BCUT2D eigenvalue weighted by atomic mass is 9.91. The lowest BCUT2D eigenvalue weighted by Crippen LogP contribution is -2.56. The molecule has 6 nitrogen and oxygen atoms in total. The van der Waals surface area contributed by atoms with Crippen molar-refractivity contribution in [1.82, 2.24) is 19.6 Å². The van der Waals surface area contributed by atoms with Crippen molar-refractivity contribution in [3.05, 3.63) is 33.3 Å². The van der Waals surface area contributed by atoms with Crippen molar-refractivity contribution in [2.24, 2.45) is 0 Å². The van der Waals surface area contributed by atoms with Crippen LogP contribution in [0.15, 0.2) is 22.7 Å². The van der Waals surface area contributed by atoms with Crippen LogP contribution < -0.4 is 0 Å². The minimum Gasteiger partial charge on any atom is -0.340 e. The van der Waals surface area contributed by atoms with Crippen LogP contribution in [-0.2, 0) is 16.0 Å². The van der Waals surface area contributed by atoms with Gasteiger partial charge in [0.05, 0.1) is 13.0 Å². The molecule has 0 atom stereocenters. The second kappa shape index (κ2) is 9.98. The molecule has 0 aromatic heterocycles. The number of amides is 2. The zero-order valence-electron chi connectivity index (χ0n) is 17.4. The first-order valence-corrected chi connectivity index (χ1v) is 12.1. The minimum absolute atomic E-state index is 0.107. The fourth-order valence-electron chi connectivity index (χ4n) is 4.49. The molecule has 0 bridgehead atoms. The van der Waals surface area contributed by atoms with Gasteiger partial charge in [0, 0.05) is 67.9 Å². The summed E-state index contributed by atoms with van der Waals surface area (Å²) in [4.78, 5) is 34.0. The fourth-order valence-corrected chi connectivity index (χ4v) is 5.07. The minimum atomic E-state index is 0.107. The Bertz CT molecular complexity index is 772. The van der Waals surface area contributed by atoms with Crippen molar-refractivity contribution < 1.29 is 9.59 Å². The highest BCUT2D eigenvalue weighted by atomic mass is 79.9. The summed E-state index contributed by atoms with van der Waals surface area (Å²) >= 11 is 9.55. The third-order valence-corrected chi connectivity index (χ3v) is 7.70. The average Bonchev–Trinajstić information content (AvgIpc) is 2.70. The summed E-state index contributed by atoms with van der Waals surface area (Å²) in [5.74, 6) is 0.335. The van der Waals surface area contributed by atoms with Crippen molar-refractivity contribution in [3.63, 3.8) is 0 Å². The Morgan fingerprint density at radius 3 is 2.20 bits per heavy atom. The molecule has 1 aliphatic carbocycles. The molecule has 0 spiro atoms. The summed E-state index contributed by atoms with van der Waals surface area (Å²) in [5.41, 5.74) is 0.908. The number of rotatable bonds is 5. The maximum absolute atomic E-state index is 12.7. The molecular weight excluding hydrogens is 468 g/mol. The van der Waals surface area contributed by atoms with Gasteiger partial charge in [0.1, 0.15) is 0 Å². The molecule has 4 rings (SSSR count). The van der Waals surface area contributed by atoms with Crippen LogP contribution in [0.2, 0.25) is 5.02 Å². The van der Waals surface area contributed by atoms with Crippen molar-refractivity contribution in [3.8, 4) is 0 Å². The van der Waals surface area contributed by atoms with Crippen LogP contribution in [0.25, 0.3) is 0 Å². The molecule has 164 valence electrons. The van der Waals surface area contributed by atoms with Gasteiger partial charge < -0.3 is 9.80 Å². The van der Waals surface area contributed by atoms with Crippen molar-refractivity contribution in [2.45, 2.75) is 31.7 Å². The van der Waals surface area contributed by atoms with Gasteiger partial charge in [0.15, 0.2) is 0 Å². The maximum Gasteiger partial charge on any atom is 0.236 e. The number of nitrogens with zero attached hydrogens (tertiary/aromatic N) is 4. The van der Waals surface area contributed by atoms with Crippen LogP contribution in [0.1, 0.15) is 24.8 Å². The predicted octanol–water partition coefficient (Wildman–Crippen LogP) is 2.49. The van der Waals surface area contributed by atoms with Crippen LogP contribution in [0.5, 0.6) is 0 Å². The van der Waals surface area contributed by atoms with E-state index in [1.54, 1.807) is 0 Å². The second-order valence-corrected chi connectivity index (χ2v) is 9.86. The van der Waals surface area contributed by atoms with Gasteiger partial charge in [-0.2, -0.15) is 0 Å². The number of hydrogen-bond donors (Lipinski definition) is 0. The molecule has 0 N–H and O–H groups in total. The van der Waals surface area contributed by atoms with Gasteiger partial charge in [0.2, 0.25) is 11.8 Å².